The van der Waals surface area contributed by atoms with Crippen LogP contribution >= 0.6 is 0 Å². The first kappa shape index (κ1) is 7.92. The van der Waals surface area contributed by atoms with E-state index in [4.69, 9.17) is 0 Å². The van der Waals surface area contributed by atoms with Gasteiger partial charge in [0.1, 0.15) is 0 Å². The molecule has 0 heterocycles. The van der Waals surface area contributed by atoms with E-state index in [1.54, 1.807) is 0 Å². The summed E-state index contributed by atoms with van der Waals surface area (Å²) in [7, 11) is 0. The highest BCUT2D eigenvalue weighted by Crippen LogP contribution is 2.03. The third-order valence-corrected chi connectivity index (χ3v) is 1.51. The summed E-state index contributed by atoms with van der Waals surface area (Å²) in [6.07, 6.45) is 0.726. The van der Waals surface area contributed by atoms with E-state index < -0.39 is 0 Å². The van der Waals surface area contributed by atoms with E-state index >= 15 is 0 Å². The van der Waals surface area contributed by atoms with Crippen LogP contribution in [0, 0.1) is 11.8 Å². The Kier molecular flexibility index (Phi) is 2.78. The molecule has 57 valence electrons. The molecular formula is C9H10NO. The van der Waals surface area contributed by atoms with Crippen molar-refractivity contribution in [2.24, 2.45) is 5.18 Å². The van der Waals surface area contributed by atoms with Crippen LogP contribution < -0.4 is 0 Å². The lowest BCUT2D eigenvalue weighted by Gasteiger charge is -1.96. The largest absolute Gasteiger partial charge is 0.151 e. The Morgan fingerprint density at radius 1 is 1.27 bits per heavy atom. The van der Waals surface area contributed by atoms with Gasteiger partial charge >= 0.3 is 0 Å². The lowest BCUT2D eigenvalue weighted by molar-refractivity contribution is 0.960. The zero-order chi connectivity index (χ0) is 8.10. The maximum atomic E-state index is 9.78. The Balaban J connectivity index is 2.58. The third-order valence-electron chi connectivity index (χ3n) is 1.51. The molecule has 0 aliphatic heterocycles. The monoisotopic (exact) mass is 148 g/mol. The molecule has 1 aromatic rings. The Hall–Kier alpha value is -1.18. The molecule has 1 aromatic carbocycles. The van der Waals surface area contributed by atoms with Crippen molar-refractivity contribution in [2.75, 3.05) is 6.54 Å². The molecule has 2 heteroatoms. The van der Waals surface area contributed by atoms with Crippen molar-refractivity contribution < 1.29 is 0 Å². The van der Waals surface area contributed by atoms with E-state index in [1.807, 2.05) is 24.3 Å². The normalized spacial score (nSPS) is 9.55. The molecule has 11 heavy (non-hydrogen) atoms. The zero-order valence-corrected chi connectivity index (χ0v) is 6.29. The molecule has 0 aliphatic rings. The summed E-state index contributed by atoms with van der Waals surface area (Å²) in [5, 5.41) is 2.79. The maximum Gasteiger partial charge on any atom is 0.0851 e. The summed E-state index contributed by atoms with van der Waals surface area (Å²) in [5.41, 5.74) is 2.13. The average molecular weight is 148 g/mol. The van der Waals surface area contributed by atoms with E-state index in [0.717, 1.165) is 17.5 Å². The van der Waals surface area contributed by atoms with Crippen LogP contribution in [0.3, 0.4) is 0 Å². The van der Waals surface area contributed by atoms with Gasteiger partial charge in [-0.2, -0.15) is 4.91 Å². The molecule has 0 aromatic heterocycles. The van der Waals surface area contributed by atoms with Crippen molar-refractivity contribution in [1.29, 1.82) is 0 Å². The van der Waals surface area contributed by atoms with Gasteiger partial charge in [-0.15, -0.1) is 0 Å². The molecule has 1 radical (unpaired) electrons. The van der Waals surface area contributed by atoms with E-state index in [9.17, 15) is 4.91 Å². The molecule has 0 saturated carbocycles. The van der Waals surface area contributed by atoms with E-state index in [-0.39, 0.29) is 0 Å². The molecule has 0 fully saturated rings. The second-order valence-electron chi connectivity index (χ2n) is 2.42. The molecule has 1 rings (SSSR count). The van der Waals surface area contributed by atoms with Crippen molar-refractivity contribution in [3.05, 3.63) is 47.2 Å². The lowest BCUT2D eigenvalue weighted by atomic mass is 10.1. The fourth-order valence-electron chi connectivity index (χ4n) is 0.881. The second-order valence-corrected chi connectivity index (χ2v) is 2.42. The highest BCUT2D eigenvalue weighted by molar-refractivity contribution is 5.24. The van der Waals surface area contributed by atoms with Crippen LogP contribution in [-0.4, -0.2) is 6.54 Å². The summed E-state index contributed by atoms with van der Waals surface area (Å²) < 4.78 is 0. The summed E-state index contributed by atoms with van der Waals surface area (Å²) >= 11 is 0. The first-order valence-corrected chi connectivity index (χ1v) is 3.53. The SMILES string of the molecule is [CH2]c1ccc(CCN=O)cc1. The van der Waals surface area contributed by atoms with Gasteiger partial charge in [-0.05, 0) is 24.5 Å². The van der Waals surface area contributed by atoms with Gasteiger partial charge in [-0.1, -0.05) is 29.4 Å². The zero-order valence-electron chi connectivity index (χ0n) is 6.29. The Morgan fingerprint density at radius 2 is 1.91 bits per heavy atom. The van der Waals surface area contributed by atoms with Crippen LogP contribution in [0.5, 0.6) is 0 Å². The molecule has 0 N–H and O–H groups in total. The molecule has 0 amide bonds. The topological polar surface area (TPSA) is 29.4 Å². The molecule has 0 spiro atoms. The van der Waals surface area contributed by atoms with Gasteiger partial charge < -0.3 is 0 Å². The van der Waals surface area contributed by atoms with Crippen LogP contribution in [0.25, 0.3) is 0 Å². The second kappa shape index (κ2) is 3.86. The fourth-order valence-corrected chi connectivity index (χ4v) is 0.881. The molecule has 0 bridgehead atoms. The molecule has 0 atom stereocenters. The van der Waals surface area contributed by atoms with Gasteiger partial charge in [-0.3, -0.25) is 0 Å². The first-order valence-electron chi connectivity index (χ1n) is 3.53. The average Bonchev–Trinajstić information content (AvgIpc) is 2.04. The van der Waals surface area contributed by atoms with E-state index in [1.165, 1.54) is 0 Å². The number of nitroso groups, excluding NO2 is 1. The van der Waals surface area contributed by atoms with Crippen LogP contribution in [-0.2, 0) is 6.42 Å². The molecule has 0 aliphatic carbocycles. The Morgan fingerprint density at radius 3 is 2.45 bits per heavy atom. The first-order chi connectivity index (χ1) is 5.33. The summed E-state index contributed by atoms with van der Waals surface area (Å²) in [5.74, 6) is 0. The number of hydrogen-bond acceptors (Lipinski definition) is 2. The molecule has 2 nitrogen and oxygen atoms in total. The van der Waals surface area contributed by atoms with Gasteiger partial charge in [0, 0.05) is 0 Å². The number of rotatable bonds is 3. The van der Waals surface area contributed by atoms with Gasteiger partial charge in [0.2, 0.25) is 0 Å². The molecule has 0 saturated heterocycles. The Bertz CT molecular complexity index is 228. The third kappa shape index (κ3) is 2.50. The van der Waals surface area contributed by atoms with Crippen molar-refractivity contribution in [2.45, 2.75) is 6.42 Å². The van der Waals surface area contributed by atoms with Crippen molar-refractivity contribution in [1.82, 2.24) is 0 Å². The number of hydrogen-bond donors (Lipinski definition) is 0. The highest BCUT2D eigenvalue weighted by atomic mass is 16.3. The molecule has 0 unspecified atom stereocenters. The highest BCUT2D eigenvalue weighted by Gasteiger charge is 1.90. The fraction of sp³-hybridized carbons (Fsp3) is 0.222. The standard InChI is InChI=1S/C9H10NO/c1-8-2-4-9(5-3-8)6-7-10-11/h2-5H,1,6-7H2. The van der Waals surface area contributed by atoms with E-state index in [0.29, 0.717) is 6.54 Å². The molecular weight excluding hydrogens is 138 g/mol. The van der Waals surface area contributed by atoms with Gasteiger partial charge in [0.25, 0.3) is 0 Å². The van der Waals surface area contributed by atoms with Gasteiger partial charge in [0.05, 0.1) is 6.54 Å². The minimum atomic E-state index is 0.358. The van der Waals surface area contributed by atoms with Crippen LogP contribution in [0.2, 0.25) is 0 Å². The summed E-state index contributed by atoms with van der Waals surface area (Å²) in [6, 6.07) is 7.79. The smallest absolute Gasteiger partial charge is 0.0851 e. The van der Waals surface area contributed by atoms with Crippen molar-refractivity contribution in [3.63, 3.8) is 0 Å². The maximum absolute atomic E-state index is 9.78. The van der Waals surface area contributed by atoms with Crippen LogP contribution in [0.1, 0.15) is 11.1 Å². The lowest BCUT2D eigenvalue weighted by Crippen LogP contribution is -1.87. The van der Waals surface area contributed by atoms with Crippen molar-refractivity contribution >= 4 is 0 Å². The van der Waals surface area contributed by atoms with E-state index in [2.05, 4.69) is 12.1 Å². The van der Waals surface area contributed by atoms with Crippen LogP contribution in [0.15, 0.2) is 29.4 Å². The van der Waals surface area contributed by atoms with Crippen molar-refractivity contribution in [3.8, 4) is 0 Å². The minimum absolute atomic E-state index is 0.358. The predicted molar refractivity (Wildman–Crippen MR) is 45.3 cm³/mol. The minimum Gasteiger partial charge on any atom is -0.151 e. The van der Waals surface area contributed by atoms with Gasteiger partial charge in [-0.25, -0.2) is 0 Å². The number of nitrogens with zero attached hydrogens (tertiary/aromatic N) is 1. The van der Waals surface area contributed by atoms with Gasteiger partial charge in [0.15, 0.2) is 0 Å². The summed E-state index contributed by atoms with van der Waals surface area (Å²) in [4.78, 5) is 9.78. The number of benzene rings is 1. The summed E-state index contributed by atoms with van der Waals surface area (Å²) in [6.45, 7) is 4.11. The predicted octanol–water partition coefficient (Wildman–Crippen LogP) is 2.18. The van der Waals surface area contributed by atoms with Crippen LogP contribution in [0.4, 0.5) is 0 Å². The Labute approximate surface area is 66.2 Å². The quantitative estimate of drug-likeness (QED) is 0.604.